The molecular weight excluding hydrogens is 520 g/mol. The second-order valence-electron chi connectivity index (χ2n) is 11.1. The molecule has 2 aromatic carbocycles. The lowest BCUT2D eigenvalue weighted by Gasteiger charge is -2.43. The molecule has 224 valence electrons. The summed E-state index contributed by atoms with van der Waals surface area (Å²) in [6, 6.07) is 21.3. The Kier molecular flexibility index (Phi) is 17.0. The summed E-state index contributed by atoms with van der Waals surface area (Å²) in [5.74, 6) is -0.133. The Balaban J connectivity index is 1.57. The van der Waals surface area contributed by atoms with Gasteiger partial charge in [0.25, 0.3) is 8.32 Å². The van der Waals surface area contributed by atoms with Crippen molar-refractivity contribution in [1.82, 2.24) is 0 Å². The topological polar surface area (TPSA) is 63.2 Å². The van der Waals surface area contributed by atoms with Crippen LogP contribution in [0.2, 0.25) is 5.04 Å². The molecule has 0 aliphatic carbocycles. The van der Waals surface area contributed by atoms with Gasteiger partial charge in [-0.3, -0.25) is 4.79 Å². The molecule has 0 spiro atoms. The molecule has 0 unspecified atom stereocenters. The minimum atomic E-state index is -2.53. The molecule has 40 heavy (non-hydrogen) atoms. The van der Waals surface area contributed by atoms with E-state index in [0.29, 0.717) is 59.3 Å². The van der Waals surface area contributed by atoms with Gasteiger partial charge in [0.05, 0.1) is 46.2 Å². The zero-order chi connectivity index (χ0) is 28.9. The van der Waals surface area contributed by atoms with Gasteiger partial charge in [-0.05, 0) is 21.8 Å². The van der Waals surface area contributed by atoms with Crippen LogP contribution in [0.5, 0.6) is 0 Å². The SMILES string of the molecule is CCCCCCCCC(=O)OCCOCCOCCOCCO[Si](c1ccccc1)(c1ccccc1)C(C)(C)C. The van der Waals surface area contributed by atoms with Crippen molar-refractivity contribution in [1.29, 1.82) is 0 Å². The Morgan fingerprint density at radius 2 is 1.07 bits per heavy atom. The Labute approximate surface area is 243 Å². The summed E-state index contributed by atoms with van der Waals surface area (Å²) >= 11 is 0. The van der Waals surface area contributed by atoms with E-state index in [-0.39, 0.29) is 11.0 Å². The molecule has 0 saturated carbocycles. The highest BCUT2D eigenvalue weighted by Gasteiger charge is 2.49. The first-order valence-electron chi connectivity index (χ1n) is 15.1. The van der Waals surface area contributed by atoms with Crippen molar-refractivity contribution >= 4 is 24.7 Å². The lowest BCUT2D eigenvalue weighted by Crippen LogP contribution is -2.66. The van der Waals surface area contributed by atoms with Crippen LogP contribution in [0.4, 0.5) is 0 Å². The molecule has 2 rings (SSSR count). The molecule has 0 amide bonds. The van der Waals surface area contributed by atoms with Crippen LogP contribution >= 0.6 is 0 Å². The number of ether oxygens (including phenoxy) is 4. The monoisotopic (exact) mass is 572 g/mol. The third-order valence-electron chi connectivity index (χ3n) is 6.93. The van der Waals surface area contributed by atoms with Gasteiger partial charge in [0.15, 0.2) is 0 Å². The van der Waals surface area contributed by atoms with E-state index in [4.69, 9.17) is 23.4 Å². The van der Waals surface area contributed by atoms with Crippen LogP contribution in [0.3, 0.4) is 0 Å². The number of esters is 1. The van der Waals surface area contributed by atoms with Crippen LogP contribution in [-0.2, 0) is 28.2 Å². The van der Waals surface area contributed by atoms with Crippen molar-refractivity contribution in [3.8, 4) is 0 Å². The van der Waals surface area contributed by atoms with E-state index in [0.717, 1.165) is 12.8 Å². The highest BCUT2D eigenvalue weighted by atomic mass is 28.4. The first-order chi connectivity index (χ1) is 19.4. The smallest absolute Gasteiger partial charge is 0.305 e. The van der Waals surface area contributed by atoms with Crippen LogP contribution in [0.25, 0.3) is 0 Å². The second-order valence-corrected chi connectivity index (χ2v) is 15.4. The fourth-order valence-electron chi connectivity index (χ4n) is 4.89. The lowest BCUT2D eigenvalue weighted by molar-refractivity contribution is -0.145. The first-order valence-corrected chi connectivity index (χ1v) is 17.0. The predicted molar refractivity (Wildman–Crippen MR) is 165 cm³/mol. The molecule has 0 atom stereocenters. The van der Waals surface area contributed by atoms with Gasteiger partial charge in [0, 0.05) is 6.42 Å². The molecule has 0 aromatic heterocycles. The fourth-order valence-corrected chi connectivity index (χ4v) is 9.44. The van der Waals surface area contributed by atoms with Crippen LogP contribution in [0.15, 0.2) is 60.7 Å². The molecule has 0 radical (unpaired) electrons. The van der Waals surface area contributed by atoms with Gasteiger partial charge in [0.2, 0.25) is 0 Å². The van der Waals surface area contributed by atoms with Gasteiger partial charge in [-0.25, -0.2) is 0 Å². The van der Waals surface area contributed by atoms with Crippen molar-refractivity contribution in [3.63, 3.8) is 0 Å². The van der Waals surface area contributed by atoms with Gasteiger partial charge in [-0.1, -0.05) is 120 Å². The number of benzene rings is 2. The number of hydrogen-bond acceptors (Lipinski definition) is 6. The number of unbranched alkanes of at least 4 members (excludes halogenated alkanes) is 5. The minimum absolute atomic E-state index is 0.0506. The number of hydrogen-bond donors (Lipinski definition) is 0. The summed E-state index contributed by atoms with van der Waals surface area (Å²) in [4.78, 5) is 11.7. The summed E-state index contributed by atoms with van der Waals surface area (Å²) in [6.45, 7) is 12.7. The maximum atomic E-state index is 11.7. The molecule has 0 saturated heterocycles. The van der Waals surface area contributed by atoms with Crippen molar-refractivity contribution in [2.45, 2.75) is 77.7 Å². The van der Waals surface area contributed by atoms with Crippen molar-refractivity contribution in [3.05, 3.63) is 60.7 Å². The van der Waals surface area contributed by atoms with Crippen LogP contribution < -0.4 is 10.4 Å². The Bertz CT molecular complexity index is 861. The zero-order valence-corrected chi connectivity index (χ0v) is 26.3. The average Bonchev–Trinajstić information content (AvgIpc) is 2.95. The molecule has 0 fully saturated rings. The summed E-state index contributed by atoms with van der Waals surface area (Å²) < 4.78 is 29.0. The molecule has 0 N–H and O–H groups in total. The van der Waals surface area contributed by atoms with E-state index in [1.54, 1.807) is 0 Å². The van der Waals surface area contributed by atoms with Crippen LogP contribution in [-0.4, -0.2) is 67.1 Å². The number of rotatable bonds is 22. The number of carbonyl (C=O) groups is 1. The van der Waals surface area contributed by atoms with E-state index in [9.17, 15) is 4.79 Å². The van der Waals surface area contributed by atoms with E-state index < -0.39 is 8.32 Å². The highest BCUT2D eigenvalue weighted by Crippen LogP contribution is 2.36. The van der Waals surface area contributed by atoms with Gasteiger partial charge >= 0.3 is 5.97 Å². The molecule has 2 aromatic rings. The number of carbonyl (C=O) groups excluding carboxylic acids is 1. The quantitative estimate of drug-likeness (QED) is 0.0994. The highest BCUT2D eigenvalue weighted by molar-refractivity contribution is 6.99. The van der Waals surface area contributed by atoms with Crippen molar-refractivity contribution < 1.29 is 28.2 Å². The van der Waals surface area contributed by atoms with Gasteiger partial charge < -0.3 is 23.4 Å². The summed E-state index contributed by atoms with van der Waals surface area (Å²) in [7, 11) is -2.53. The van der Waals surface area contributed by atoms with Crippen LogP contribution in [0.1, 0.15) is 72.6 Å². The third kappa shape index (κ3) is 12.2. The molecule has 0 heterocycles. The zero-order valence-electron chi connectivity index (χ0n) is 25.3. The minimum Gasteiger partial charge on any atom is -0.463 e. The normalized spacial score (nSPS) is 12.0. The summed E-state index contributed by atoms with van der Waals surface area (Å²) in [5, 5.41) is 2.49. The van der Waals surface area contributed by atoms with Crippen LogP contribution in [0, 0.1) is 0 Å². The Hall–Kier alpha value is -2.03. The molecular formula is C33H52O6Si. The van der Waals surface area contributed by atoms with Gasteiger partial charge in [-0.15, -0.1) is 0 Å². The van der Waals surface area contributed by atoms with Gasteiger partial charge in [-0.2, -0.15) is 0 Å². The lowest BCUT2D eigenvalue weighted by atomic mass is 10.1. The molecule has 0 aliphatic rings. The standard InChI is InChI=1S/C33H52O6Si/c1-5-6-7-8-9-16-21-32(34)38-28-26-36-24-22-35-23-25-37-27-29-39-40(33(2,3)4,30-17-12-10-13-18-30)31-19-14-11-15-20-31/h10-15,17-20H,5-9,16,21-29H2,1-4H3. The summed E-state index contributed by atoms with van der Waals surface area (Å²) in [6.07, 6.45) is 7.47. The van der Waals surface area contributed by atoms with E-state index >= 15 is 0 Å². The van der Waals surface area contributed by atoms with Crippen molar-refractivity contribution in [2.75, 3.05) is 52.9 Å². The predicted octanol–water partition coefficient (Wildman–Crippen LogP) is 5.91. The fraction of sp³-hybridized carbons (Fsp3) is 0.606. The first kappa shape index (κ1) is 34.2. The molecule has 0 bridgehead atoms. The third-order valence-corrected chi connectivity index (χ3v) is 12.0. The van der Waals surface area contributed by atoms with E-state index in [1.807, 2.05) is 0 Å². The summed E-state index contributed by atoms with van der Waals surface area (Å²) in [5.41, 5.74) is 0. The molecule has 6 nitrogen and oxygen atoms in total. The van der Waals surface area contributed by atoms with E-state index in [1.165, 1.54) is 36.1 Å². The van der Waals surface area contributed by atoms with Gasteiger partial charge in [0.1, 0.15) is 6.61 Å². The van der Waals surface area contributed by atoms with E-state index in [2.05, 4.69) is 88.4 Å². The average molecular weight is 573 g/mol. The molecule has 7 heteroatoms. The molecule has 0 aliphatic heterocycles. The Morgan fingerprint density at radius 1 is 0.625 bits per heavy atom. The van der Waals surface area contributed by atoms with Crippen molar-refractivity contribution in [2.24, 2.45) is 0 Å². The second kappa shape index (κ2) is 19.9. The maximum absolute atomic E-state index is 11.7. The maximum Gasteiger partial charge on any atom is 0.305 e. The Morgan fingerprint density at radius 3 is 1.57 bits per heavy atom. The largest absolute Gasteiger partial charge is 0.463 e.